The van der Waals surface area contributed by atoms with Crippen molar-refractivity contribution in [1.82, 2.24) is 15.0 Å². The second kappa shape index (κ2) is 5.93. The van der Waals surface area contributed by atoms with E-state index in [4.69, 9.17) is 0 Å². The summed E-state index contributed by atoms with van der Waals surface area (Å²) in [6, 6.07) is 26.6. The predicted molar refractivity (Wildman–Crippen MR) is 93.0 cm³/mol. The van der Waals surface area contributed by atoms with Gasteiger partial charge in [-0.3, -0.25) is 0 Å². The van der Waals surface area contributed by atoms with E-state index in [1.165, 1.54) is 11.1 Å². The molecular weight excluding hydrogens is 284 g/mol. The highest BCUT2D eigenvalue weighted by molar-refractivity contribution is 5.78. The molecule has 4 aromatic rings. The number of rotatable bonds is 4. The first-order valence-electron chi connectivity index (χ1n) is 7.58. The summed E-state index contributed by atoms with van der Waals surface area (Å²) in [6.45, 7) is 0.574. The maximum absolute atomic E-state index is 4.22. The van der Waals surface area contributed by atoms with E-state index in [0.717, 1.165) is 16.7 Å². The number of nitrogens with zero attached hydrogens (tertiary/aromatic N) is 3. The van der Waals surface area contributed by atoms with E-state index in [-0.39, 0.29) is 0 Å². The average Bonchev–Trinajstić information content (AvgIpc) is 3.04. The van der Waals surface area contributed by atoms with Crippen LogP contribution in [0.3, 0.4) is 0 Å². The monoisotopic (exact) mass is 300 g/mol. The Kier molecular flexibility index (Phi) is 3.48. The fourth-order valence-corrected chi connectivity index (χ4v) is 2.70. The van der Waals surface area contributed by atoms with Gasteiger partial charge in [-0.15, -0.1) is 5.10 Å². The Morgan fingerprint density at radius 2 is 1.52 bits per heavy atom. The predicted octanol–water partition coefficient (Wildman–Crippen LogP) is 4.17. The number of hydrogen-bond acceptors (Lipinski definition) is 3. The summed E-state index contributed by atoms with van der Waals surface area (Å²) in [5.74, 6) is 0. The Labute approximate surface area is 134 Å². The zero-order chi connectivity index (χ0) is 15.5. The molecule has 0 aliphatic heterocycles. The van der Waals surface area contributed by atoms with Gasteiger partial charge in [-0.2, -0.15) is 0 Å². The third-order valence-electron chi connectivity index (χ3n) is 3.85. The van der Waals surface area contributed by atoms with Crippen molar-refractivity contribution in [3.05, 3.63) is 78.9 Å². The molecule has 0 saturated heterocycles. The molecule has 0 unspecified atom stereocenters. The smallest absolute Gasteiger partial charge is 0.113 e. The number of benzene rings is 3. The lowest BCUT2D eigenvalue weighted by molar-refractivity contribution is 0.655. The molecule has 4 rings (SSSR count). The van der Waals surface area contributed by atoms with Crippen LogP contribution < -0.4 is 5.32 Å². The van der Waals surface area contributed by atoms with Crippen LogP contribution in [0.15, 0.2) is 78.9 Å². The quantitative estimate of drug-likeness (QED) is 0.615. The van der Waals surface area contributed by atoms with Crippen molar-refractivity contribution >= 4 is 16.7 Å². The summed E-state index contributed by atoms with van der Waals surface area (Å²) in [7, 11) is 0. The van der Waals surface area contributed by atoms with Gasteiger partial charge in [-0.1, -0.05) is 65.9 Å². The lowest BCUT2D eigenvalue weighted by Gasteiger charge is -2.12. The highest BCUT2D eigenvalue weighted by Crippen LogP contribution is 2.27. The molecule has 1 aromatic heterocycles. The van der Waals surface area contributed by atoms with Crippen LogP contribution in [-0.4, -0.2) is 15.0 Å². The molecule has 0 atom stereocenters. The van der Waals surface area contributed by atoms with Gasteiger partial charge in [0.05, 0.1) is 5.52 Å². The zero-order valence-corrected chi connectivity index (χ0v) is 12.6. The van der Waals surface area contributed by atoms with E-state index in [1.54, 1.807) is 0 Å². The van der Waals surface area contributed by atoms with Crippen LogP contribution in [0.25, 0.3) is 22.2 Å². The van der Waals surface area contributed by atoms with Gasteiger partial charge in [-0.05, 0) is 23.8 Å². The molecule has 0 amide bonds. The van der Waals surface area contributed by atoms with E-state index in [0.29, 0.717) is 6.67 Å². The van der Waals surface area contributed by atoms with Crippen molar-refractivity contribution in [3.8, 4) is 11.1 Å². The number of fused-ring (bicyclic) bond motifs is 1. The zero-order valence-electron chi connectivity index (χ0n) is 12.6. The van der Waals surface area contributed by atoms with Gasteiger partial charge < -0.3 is 5.32 Å². The van der Waals surface area contributed by atoms with E-state index in [9.17, 15) is 0 Å². The van der Waals surface area contributed by atoms with E-state index in [2.05, 4.69) is 58.1 Å². The molecular formula is C19H16N4. The first kappa shape index (κ1) is 13.5. The average molecular weight is 300 g/mol. The fourth-order valence-electron chi connectivity index (χ4n) is 2.70. The normalized spacial score (nSPS) is 10.8. The molecule has 1 N–H and O–H groups in total. The minimum atomic E-state index is 0.574. The minimum Gasteiger partial charge on any atom is -0.366 e. The molecule has 0 aliphatic carbocycles. The molecule has 23 heavy (non-hydrogen) atoms. The molecule has 0 aliphatic rings. The van der Waals surface area contributed by atoms with Gasteiger partial charge in [0.15, 0.2) is 0 Å². The molecule has 4 nitrogen and oxygen atoms in total. The summed E-state index contributed by atoms with van der Waals surface area (Å²) < 4.78 is 1.87. The second-order valence-corrected chi connectivity index (χ2v) is 5.32. The SMILES string of the molecule is c1ccc(-c2ccccc2NCn2nnc3ccccc32)cc1. The molecule has 1 heterocycles. The van der Waals surface area contributed by atoms with Gasteiger partial charge in [0.2, 0.25) is 0 Å². The number of anilines is 1. The molecule has 3 aromatic carbocycles. The van der Waals surface area contributed by atoms with Crippen LogP contribution in [0.4, 0.5) is 5.69 Å². The van der Waals surface area contributed by atoms with Crippen molar-refractivity contribution in [2.75, 3.05) is 5.32 Å². The van der Waals surface area contributed by atoms with Gasteiger partial charge in [0, 0.05) is 11.3 Å². The molecule has 4 heteroatoms. The Balaban J connectivity index is 1.63. The van der Waals surface area contributed by atoms with Crippen LogP contribution >= 0.6 is 0 Å². The number of nitrogens with one attached hydrogen (secondary N) is 1. The van der Waals surface area contributed by atoms with E-state index in [1.807, 2.05) is 41.1 Å². The van der Waals surface area contributed by atoms with Crippen molar-refractivity contribution < 1.29 is 0 Å². The maximum atomic E-state index is 4.22. The molecule has 0 saturated carbocycles. The summed E-state index contributed by atoms with van der Waals surface area (Å²) >= 11 is 0. The van der Waals surface area contributed by atoms with Crippen LogP contribution in [0, 0.1) is 0 Å². The number of hydrogen-bond donors (Lipinski definition) is 1. The Morgan fingerprint density at radius 3 is 2.43 bits per heavy atom. The second-order valence-electron chi connectivity index (χ2n) is 5.32. The fraction of sp³-hybridized carbons (Fsp3) is 0.0526. The Hall–Kier alpha value is -3.14. The molecule has 0 bridgehead atoms. The lowest BCUT2D eigenvalue weighted by Crippen LogP contribution is -2.10. The van der Waals surface area contributed by atoms with Gasteiger partial charge >= 0.3 is 0 Å². The topological polar surface area (TPSA) is 42.7 Å². The van der Waals surface area contributed by atoms with E-state index >= 15 is 0 Å². The van der Waals surface area contributed by atoms with Crippen LogP contribution in [0.5, 0.6) is 0 Å². The first-order chi connectivity index (χ1) is 11.4. The standard InChI is InChI=1S/C19H16N4/c1-2-8-15(9-3-1)16-10-4-5-11-17(16)20-14-23-19-13-7-6-12-18(19)21-22-23/h1-13,20H,14H2. The highest BCUT2D eigenvalue weighted by atomic mass is 15.4. The third-order valence-corrected chi connectivity index (χ3v) is 3.85. The summed E-state index contributed by atoms with van der Waals surface area (Å²) in [4.78, 5) is 0. The minimum absolute atomic E-state index is 0.574. The van der Waals surface area contributed by atoms with Crippen molar-refractivity contribution in [2.45, 2.75) is 6.67 Å². The highest BCUT2D eigenvalue weighted by Gasteiger charge is 2.06. The molecule has 0 radical (unpaired) electrons. The van der Waals surface area contributed by atoms with Crippen LogP contribution in [0.1, 0.15) is 0 Å². The molecule has 112 valence electrons. The van der Waals surface area contributed by atoms with Gasteiger partial charge in [-0.25, -0.2) is 4.68 Å². The lowest BCUT2D eigenvalue weighted by atomic mass is 10.0. The van der Waals surface area contributed by atoms with Gasteiger partial charge in [0.1, 0.15) is 12.2 Å². The van der Waals surface area contributed by atoms with Crippen molar-refractivity contribution in [2.24, 2.45) is 0 Å². The maximum Gasteiger partial charge on any atom is 0.113 e. The Bertz CT molecular complexity index is 928. The molecule has 0 fully saturated rings. The number of aromatic nitrogens is 3. The van der Waals surface area contributed by atoms with E-state index < -0.39 is 0 Å². The van der Waals surface area contributed by atoms with Gasteiger partial charge in [0.25, 0.3) is 0 Å². The summed E-state index contributed by atoms with van der Waals surface area (Å²) in [5.41, 5.74) is 5.39. The van der Waals surface area contributed by atoms with Crippen molar-refractivity contribution in [1.29, 1.82) is 0 Å². The Morgan fingerprint density at radius 1 is 0.783 bits per heavy atom. The first-order valence-corrected chi connectivity index (χ1v) is 7.58. The van der Waals surface area contributed by atoms with Crippen LogP contribution in [0.2, 0.25) is 0 Å². The summed E-state index contributed by atoms with van der Waals surface area (Å²) in [6.07, 6.45) is 0. The summed E-state index contributed by atoms with van der Waals surface area (Å²) in [5, 5.41) is 11.9. The van der Waals surface area contributed by atoms with Crippen molar-refractivity contribution in [3.63, 3.8) is 0 Å². The third kappa shape index (κ3) is 2.66. The van der Waals surface area contributed by atoms with Crippen LogP contribution in [-0.2, 0) is 6.67 Å². The largest absolute Gasteiger partial charge is 0.366 e. The number of para-hydroxylation sites is 2. The molecule has 0 spiro atoms.